The first kappa shape index (κ1) is 20.2. The molecule has 0 aromatic carbocycles. The zero-order chi connectivity index (χ0) is 19.8. The van der Waals surface area contributed by atoms with Gasteiger partial charge < -0.3 is 5.32 Å². The number of nitriles is 1. The fourth-order valence-electron chi connectivity index (χ4n) is 7.28. The maximum Gasteiger partial charge on any atom is 0.243 e. The summed E-state index contributed by atoms with van der Waals surface area (Å²) in [4.78, 5) is 11.8. The highest BCUT2D eigenvalue weighted by molar-refractivity contribution is 5.89. The first-order valence-electron chi connectivity index (χ1n) is 11.0. The van der Waals surface area contributed by atoms with Crippen LogP contribution in [0.5, 0.6) is 0 Å². The summed E-state index contributed by atoms with van der Waals surface area (Å²) in [6.45, 7) is 11.0. The molecular formula is C24H36N2O. The third-order valence-corrected chi connectivity index (χ3v) is 8.53. The van der Waals surface area contributed by atoms with Crippen LogP contribution in [0.25, 0.3) is 0 Å². The van der Waals surface area contributed by atoms with Gasteiger partial charge in [0.05, 0.1) is 6.07 Å². The molecule has 3 saturated carbocycles. The summed E-state index contributed by atoms with van der Waals surface area (Å²) in [6, 6.07) is 2.56. The van der Waals surface area contributed by atoms with Gasteiger partial charge in [0.2, 0.25) is 5.91 Å². The van der Waals surface area contributed by atoms with Gasteiger partial charge in [-0.2, -0.15) is 5.26 Å². The van der Waals surface area contributed by atoms with E-state index in [0.29, 0.717) is 23.3 Å². The van der Waals surface area contributed by atoms with E-state index >= 15 is 0 Å². The van der Waals surface area contributed by atoms with Crippen molar-refractivity contribution in [2.45, 2.75) is 79.2 Å². The Morgan fingerprint density at radius 1 is 1.19 bits per heavy atom. The molecule has 0 aromatic heterocycles. The summed E-state index contributed by atoms with van der Waals surface area (Å²) in [5.41, 5.74) is 1.76. The molecule has 4 rings (SSSR count). The van der Waals surface area contributed by atoms with Gasteiger partial charge in [-0.15, -0.1) is 0 Å². The third-order valence-electron chi connectivity index (χ3n) is 8.53. The van der Waals surface area contributed by atoms with E-state index in [0.717, 1.165) is 18.3 Å². The van der Waals surface area contributed by atoms with E-state index in [1.54, 1.807) is 12.2 Å². The maximum atomic E-state index is 11.8. The molecular weight excluding hydrogens is 332 g/mol. The lowest BCUT2D eigenvalue weighted by molar-refractivity contribution is -0.122. The molecule has 0 aromatic rings. The number of carbonyl (C=O) groups is 1. The van der Waals surface area contributed by atoms with Gasteiger partial charge in [0.25, 0.3) is 0 Å². The number of hydrogen-bond donors (Lipinski definition) is 1. The second-order valence-electron chi connectivity index (χ2n) is 9.41. The van der Waals surface area contributed by atoms with Crippen LogP contribution >= 0.6 is 0 Å². The molecule has 4 aliphatic rings. The highest BCUT2D eigenvalue weighted by Gasteiger charge is 2.59. The Kier molecular flexibility index (Phi) is 5.57. The molecule has 1 aliphatic heterocycles. The molecule has 1 heterocycles. The van der Waals surface area contributed by atoms with E-state index in [4.69, 9.17) is 5.26 Å². The highest BCUT2D eigenvalue weighted by atomic mass is 16.1. The molecule has 0 radical (unpaired) electrons. The Labute approximate surface area is 165 Å². The summed E-state index contributed by atoms with van der Waals surface area (Å²) in [6.07, 6.45) is 13.2. The first-order valence-corrected chi connectivity index (χ1v) is 11.0. The van der Waals surface area contributed by atoms with Gasteiger partial charge >= 0.3 is 0 Å². The van der Waals surface area contributed by atoms with Gasteiger partial charge in [0.15, 0.2) is 0 Å². The molecule has 1 amide bonds. The summed E-state index contributed by atoms with van der Waals surface area (Å²) in [5, 5.41) is 12.3. The molecule has 0 bridgehead atoms. The van der Waals surface area contributed by atoms with Crippen LogP contribution in [0.15, 0.2) is 23.8 Å². The predicted octanol–water partition coefficient (Wildman–Crippen LogP) is 5.40. The molecule has 0 saturated heterocycles. The van der Waals surface area contributed by atoms with Crippen molar-refractivity contribution >= 4 is 5.91 Å². The van der Waals surface area contributed by atoms with E-state index in [-0.39, 0.29) is 11.3 Å². The quantitative estimate of drug-likeness (QED) is 0.630. The van der Waals surface area contributed by atoms with Gasteiger partial charge in [-0.1, -0.05) is 39.3 Å². The number of hydrogen-bond acceptors (Lipinski definition) is 2. The second kappa shape index (κ2) is 7.46. The summed E-state index contributed by atoms with van der Waals surface area (Å²) in [7, 11) is 0. The molecule has 3 nitrogen and oxygen atoms in total. The third kappa shape index (κ3) is 3.06. The Hall–Kier alpha value is -1.56. The van der Waals surface area contributed by atoms with E-state index in [9.17, 15) is 4.79 Å². The van der Waals surface area contributed by atoms with E-state index in [1.165, 1.54) is 37.7 Å². The second-order valence-corrected chi connectivity index (χ2v) is 9.41. The Bertz CT molecular complexity index is 687. The van der Waals surface area contributed by atoms with Crippen LogP contribution < -0.4 is 5.32 Å². The predicted molar refractivity (Wildman–Crippen MR) is 110 cm³/mol. The molecule has 0 spiro atoms. The average molecular weight is 369 g/mol. The first-order chi connectivity index (χ1) is 12.9. The van der Waals surface area contributed by atoms with Gasteiger partial charge in [-0.25, -0.2) is 0 Å². The van der Waals surface area contributed by atoms with Crippen molar-refractivity contribution in [1.82, 2.24) is 5.32 Å². The van der Waals surface area contributed by atoms with Crippen LogP contribution in [-0.2, 0) is 4.79 Å². The van der Waals surface area contributed by atoms with Gasteiger partial charge in [-0.05, 0) is 80.6 Å². The van der Waals surface area contributed by atoms with Crippen molar-refractivity contribution in [3.05, 3.63) is 23.8 Å². The zero-order valence-corrected chi connectivity index (χ0v) is 17.7. The van der Waals surface area contributed by atoms with Crippen molar-refractivity contribution in [1.29, 1.82) is 5.26 Å². The van der Waals surface area contributed by atoms with Crippen LogP contribution in [0.4, 0.5) is 0 Å². The van der Waals surface area contributed by atoms with E-state index in [2.05, 4.69) is 38.2 Å². The number of carbonyl (C=O) groups excluding carboxylic acids is 1. The van der Waals surface area contributed by atoms with Crippen LogP contribution in [0.3, 0.4) is 0 Å². The van der Waals surface area contributed by atoms with Gasteiger partial charge in [0.1, 0.15) is 0 Å². The minimum absolute atomic E-state index is 0.0831. The Balaban J connectivity index is 0.00000102. The minimum atomic E-state index is 0.0831. The number of rotatable bonds is 1. The van der Waals surface area contributed by atoms with Crippen molar-refractivity contribution in [2.24, 2.45) is 34.5 Å². The molecule has 7 atom stereocenters. The minimum Gasteiger partial charge on any atom is -0.349 e. The SMILES string of the molecule is C/C(=C\C#N)C1CCC2C3CCC4NC(=O)C=CC4(C)C3CCC12C.CC. The van der Waals surface area contributed by atoms with E-state index < -0.39 is 0 Å². The normalized spacial score (nSPS) is 45.4. The van der Waals surface area contributed by atoms with Crippen molar-refractivity contribution in [2.75, 3.05) is 0 Å². The molecule has 3 fully saturated rings. The topological polar surface area (TPSA) is 52.9 Å². The summed E-state index contributed by atoms with van der Waals surface area (Å²) in [5.74, 6) is 2.87. The summed E-state index contributed by atoms with van der Waals surface area (Å²) >= 11 is 0. The number of nitrogens with one attached hydrogen (secondary N) is 1. The lowest BCUT2D eigenvalue weighted by Crippen LogP contribution is -2.59. The Morgan fingerprint density at radius 3 is 2.63 bits per heavy atom. The van der Waals surface area contributed by atoms with Crippen molar-refractivity contribution in [3.8, 4) is 6.07 Å². The molecule has 3 aliphatic carbocycles. The number of allylic oxidation sites excluding steroid dienone is 2. The lowest BCUT2D eigenvalue weighted by atomic mass is 9.47. The molecule has 148 valence electrons. The van der Waals surface area contributed by atoms with Crippen LogP contribution in [0, 0.1) is 45.8 Å². The molecule has 27 heavy (non-hydrogen) atoms. The summed E-state index contributed by atoms with van der Waals surface area (Å²) < 4.78 is 0. The monoisotopic (exact) mass is 368 g/mol. The fourth-order valence-corrected chi connectivity index (χ4v) is 7.28. The van der Waals surface area contributed by atoms with Gasteiger partial charge in [-0.3, -0.25) is 4.79 Å². The average Bonchev–Trinajstić information content (AvgIpc) is 3.01. The smallest absolute Gasteiger partial charge is 0.243 e. The van der Waals surface area contributed by atoms with Crippen molar-refractivity contribution in [3.63, 3.8) is 0 Å². The highest BCUT2D eigenvalue weighted by Crippen LogP contribution is 2.65. The standard InChI is InChI=1S/C22H30N2O.C2H6/c1-14(10-13-23)16-5-6-17-15-4-7-19-22(3,12-9-20(25)24-19)18(15)8-11-21(16,17)2;1-2/h9-10,12,15-19H,4-8,11H2,1-3H3,(H,24,25);1-2H3/b14-10+;. The van der Waals surface area contributed by atoms with Gasteiger partial charge in [0, 0.05) is 17.5 Å². The maximum absolute atomic E-state index is 11.8. The molecule has 1 N–H and O–H groups in total. The van der Waals surface area contributed by atoms with Crippen LogP contribution in [0.2, 0.25) is 0 Å². The van der Waals surface area contributed by atoms with Crippen LogP contribution in [-0.4, -0.2) is 11.9 Å². The zero-order valence-electron chi connectivity index (χ0n) is 17.7. The van der Waals surface area contributed by atoms with Crippen LogP contribution in [0.1, 0.15) is 73.1 Å². The largest absolute Gasteiger partial charge is 0.349 e. The van der Waals surface area contributed by atoms with Crippen molar-refractivity contribution < 1.29 is 4.79 Å². The van der Waals surface area contributed by atoms with E-state index in [1.807, 2.05) is 13.8 Å². The lowest BCUT2D eigenvalue weighted by Gasteiger charge is -2.59. The molecule has 7 unspecified atom stereocenters. The number of fused-ring (bicyclic) bond motifs is 5. The fraction of sp³-hybridized carbons (Fsp3) is 0.750. The number of amides is 1. The number of nitrogens with zero attached hydrogens (tertiary/aromatic N) is 1. The molecule has 3 heteroatoms. The Morgan fingerprint density at radius 2 is 1.93 bits per heavy atom.